The molecule has 0 spiro atoms. The van der Waals surface area contributed by atoms with Crippen molar-refractivity contribution < 1.29 is 23.5 Å². The number of carbonyl (C=O) groups is 3. The molecule has 2 N–H and O–H groups in total. The lowest BCUT2D eigenvalue weighted by molar-refractivity contribution is -0.127. The number of ether oxygens (including phenoxy) is 1. The summed E-state index contributed by atoms with van der Waals surface area (Å²) in [6, 6.07) is 15.9. The SMILES string of the molecule is Cc1ccc(NC(=O)CN2C(=O)N/C(=C/c3cc(Cl)c(OCc4ccccc4F)c(Br)c3)C2=O)cc1. The van der Waals surface area contributed by atoms with Crippen molar-refractivity contribution in [3.8, 4) is 5.75 Å². The molecule has 0 bridgehead atoms. The number of benzene rings is 3. The Morgan fingerprint density at radius 1 is 1.17 bits per heavy atom. The Morgan fingerprint density at radius 2 is 1.89 bits per heavy atom. The van der Waals surface area contributed by atoms with Gasteiger partial charge < -0.3 is 15.4 Å². The van der Waals surface area contributed by atoms with Crippen LogP contribution in [-0.4, -0.2) is 29.3 Å². The van der Waals surface area contributed by atoms with Crippen molar-refractivity contribution in [3.63, 3.8) is 0 Å². The van der Waals surface area contributed by atoms with Crippen molar-refractivity contribution in [2.24, 2.45) is 0 Å². The van der Waals surface area contributed by atoms with Gasteiger partial charge in [-0.1, -0.05) is 47.5 Å². The number of imide groups is 1. The highest BCUT2D eigenvalue weighted by Gasteiger charge is 2.35. The van der Waals surface area contributed by atoms with Gasteiger partial charge in [-0.05, 0) is 64.8 Å². The van der Waals surface area contributed by atoms with Crippen molar-refractivity contribution in [2.75, 3.05) is 11.9 Å². The number of aryl methyl sites for hydroxylation is 1. The summed E-state index contributed by atoms with van der Waals surface area (Å²) >= 11 is 9.74. The number of hydrogen-bond donors (Lipinski definition) is 2. The van der Waals surface area contributed by atoms with Gasteiger partial charge in [-0.2, -0.15) is 0 Å². The van der Waals surface area contributed by atoms with Crippen LogP contribution in [0, 0.1) is 12.7 Å². The van der Waals surface area contributed by atoms with E-state index in [9.17, 15) is 18.8 Å². The van der Waals surface area contributed by atoms with Gasteiger partial charge in [0.05, 0.1) is 9.50 Å². The maximum Gasteiger partial charge on any atom is 0.329 e. The predicted molar refractivity (Wildman–Crippen MR) is 138 cm³/mol. The maximum absolute atomic E-state index is 13.9. The Bertz CT molecular complexity index is 1350. The number of urea groups is 1. The Balaban J connectivity index is 1.44. The average molecular weight is 573 g/mol. The predicted octanol–water partition coefficient (Wildman–Crippen LogP) is 5.66. The molecule has 1 fully saturated rings. The summed E-state index contributed by atoms with van der Waals surface area (Å²) in [5.41, 5.74) is 2.46. The molecule has 0 unspecified atom stereocenters. The van der Waals surface area contributed by atoms with Crippen molar-refractivity contribution in [3.05, 3.63) is 98.4 Å². The molecule has 1 aliphatic rings. The number of anilines is 1. The van der Waals surface area contributed by atoms with E-state index in [2.05, 4.69) is 26.6 Å². The van der Waals surface area contributed by atoms with Crippen LogP contribution in [0.3, 0.4) is 0 Å². The van der Waals surface area contributed by atoms with Gasteiger partial charge in [0.1, 0.15) is 24.7 Å². The van der Waals surface area contributed by atoms with Crippen LogP contribution in [0.15, 0.2) is 70.8 Å². The summed E-state index contributed by atoms with van der Waals surface area (Å²) in [6.07, 6.45) is 1.44. The lowest BCUT2D eigenvalue weighted by Gasteiger charge is -2.12. The Kier molecular flexibility index (Phi) is 7.71. The van der Waals surface area contributed by atoms with Gasteiger partial charge in [-0.25, -0.2) is 14.1 Å². The molecule has 0 radical (unpaired) electrons. The Labute approximate surface area is 220 Å². The van der Waals surface area contributed by atoms with E-state index in [1.165, 1.54) is 12.1 Å². The average Bonchev–Trinajstić information content (AvgIpc) is 3.08. The van der Waals surface area contributed by atoms with Crippen LogP contribution < -0.4 is 15.4 Å². The zero-order chi connectivity index (χ0) is 25.8. The van der Waals surface area contributed by atoms with Gasteiger partial charge in [0.2, 0.25) is 5.91 Å². The van der Waals surface area contributed by atoms with E-state index in [-0.39, 0.29) is 17.3 Å². The normalized spacial score (nSPS) is 14.2. The second-order valence-corrected chi connectivity index (χ2v) is 9.25. The molecule has 7 nitrogen and oxygen atoms in total. The topological polar surface area (TPSA) is 87.7 Å². The maximum atomic E-state index is 13.9. The van der Waals surface area contributed by atoms with E-state index in [0.717, 1.165) is 10.5 Å². The number of amides is 4. The lowest BCUT2D eigenvalue weighted by atomic mass is 10.1. The van der Waals surface area contributed by atoms with Crippen molar-refractivity contribution >= 4 is 57.1 Å². The van der Waals surface area contributed by atoms with E-state index >= 15 is 0 Å². The third-order valence-electron chi connectivity index (χ3n) is 5.26. The minimum absolute atomic E-state index is 0.00822. The van der Waals surface area contributed by atoms with E-state index in [4.69, 9.17) is 16.3 Å². The van der Waals surface area contributed by atoms with Crippen molar-refractivity contribution in [1.29, 1.82) is 0 Å². The highest BCUT2D eigenvalue weighted by molar-refractivity contribution is 9.10. The van der Waals surface area contributed by atoms with Crippen LogP contribution in [0.25, 0.3) is 6.08 Å². The van der Waals surface area contributed by atoms with Gasteiger partial charge in [0.25, 0.3) is 5.91 Å². The summed E-state index contributed by atoms with van der Waals surface area (Å²) in [6.45, 7) is 1.45. The first-order valence-electron chi connectivity index (χ1n) is 10.8. The number of halogens is 3. The smallest absolute Gasteiger partial charge is 0.329 e. The molecule has 3 aromatic carbocycles. The molecule has 10 heteroatoms. The molecule has 0 atom stereocenters. The van der Waals surface area contributed by atoms with Gasteiger partial charge in [-0.15, -0.1) is 0 Å². The molecule has 4 rings (SSSR count). The first-order valence-corrected chi connectivity index (χ1v) is 11.9. The monoisotopic (exact) mass is 571 g/mol. The molecule has 3 aromatic rings. The fourth-order valence-corrected chi connectivity index (χ4v) is 4.42. The Hall–Kier alpha value is -3.69. The van der Waals surface area contributed by atoms with Crippen LogP contribution in [0.1, 0.15) is 16.7 Å². The Morgan fingerprint density at radius 3 is 2.58 bits per heavy atom. The van der Waals surface area contributed by atoms with Crippen LogP contribution in [0.5, 0.6) is 5.75 Å². The highest BCUT2D eigenvalue weighted by atomic mass is 79.9. The summed E-state index contributed by atoms with van der Waals surface area (Å²) in [5, 5.41) is 5.35. The molecule has 184 valence electrons. The first-order chi connectivity index (χ1) is 17.2. The summed E-state index contributed by atoms with van der Waals surface area (Å²) in [4.78, 5) is 38.3. The third kappa shape index (κ3) is 5.92. The molecule has 4 amide bonds. The molecule has 1 heterocycles. The molecule has 0 aromatic heterocycles. The van der Waals surface area contributed by atoms with E-state index in [1.54, 1.807) is 42.5 Å². The van der Waals surface area contributed by atoms with Gasteiger partial charge >= 0.3 is 6.03 Å². The molecule has 0 aliphatic carbocycles. The second-order valence-electron chi connectivity index (χ2n) is 7.99. The van der Waals surface area contributed by atoms with Crippen LogP contribution >= 0.6 is 27.5 Å². The third-order valence-corrected chi connectivity index (χ3v) is 6.13. The number of rotatable bonds is 7. The zero-order valence-electron chi connectivity index (χ0n) is 19.0. The van der Waals surface area contributed by atoms with Crippen LogP contribution in [0.4, 0.5) is 14.9 Å². The number of hydrogen-bond acceptors (Lipinski definition) is 4. The number of carbonyl (C=O) groups excluding carboxylic acids is 3. The number of nitrogens with one attached hydrogen (secondary N) is 2. The van der Waals surface area contributed by atoms with Gasteiger partial charge in [0, 0.05) is 11.3 Å². The highest BCUT2D eigenvalue weighted by Crippen LogP contribution is 2.36. The summed E-state index contributed by atoms with van der Waals surface area (Å²) in [5.74, 6) is -1.24. The molecule has 0 saturated carbocycles. The fourth-order valence-electron chi connectivity index (χ4n) is 3.43. The van der Waals surface area contributed by atoms with Crippen molar-refractivity contribution in [1.82, 2.24) is 10.2 Å². The lowest BCUT2D eigenvalue weighted by Crippen LogP contribution is -2.38. The largest absolute Gasteiger partial charge is 0.486 e. The first kappa shape index (κ1) is 25.4. The quantitative estimate of drug-likeness (QED) is 0.283. The minimum atomic E-state index is -0.708. The fraction of sp³-hybridized carbons (Fsp3) is 0.115. The minimum Gasteiger partial charge on any atom is -0.486 e. The molecular formula is C26H20BrClFN3O4. The number of nitrogens with zero attached hydrogens (tertiary/aromatic N) is 1. The van der Waals surface area contributed by atoms with Crippen LogP contribution in [0.2, 0.25) is 5.02 Å². The van der Waals surface area contributed by atoms with Gasteiger partial charge in [0.15, 0.2) is 5.75 Å². The summed E-state index contributed by atoms with van der Waals surface area (Å²) < 4.78 is 20.0. The molecule has 1 saturated heterocycles. The van der Waals surface area contributed by atoms with Gasteiger partial charge in [-0.3, -0.25) is 9.59 Å². The van der Waals surface area contributed by atoms with E-state index in [0.29, 0.717) is 27.0 Å². The standard InChI is InChI=1S/C26H20BrClFN3O4/c1-15-6-8-18(9-7-15)30-23(33)13-32-25(34)22(31-26(32)35)12-16-10-19(27)24(20(28)11-16)36-14-17-4-2-3-5-21(17)29/h2-12H,13-14H2,1H3,(H,30,33)(H,31,35)/b22-12+. The molecular weight excluding hydrogens is 553 g/mol. The van der Waals surface area contributed by atoms with Crippen molar-refractivity contribution in [2.45, 2.75) is 13.5 Å². The second kappa shape index (κ2) is 10.9. The molecule has 36 heavy (non-hydrogen) atoms. The summed E-state index contributed by atoms with van der Waals surface area (Å²) in [7, 11) is 0. The molecule has 1 aliphatic heterocycles. The van der Waals surface area contributed by atoms with E-state index < -0.39 is 30.2 Å². The van der Waals surface area contributed by atoms with E-state index in [1.807, 2.05) is 19.1 Å². The zero-order valence-corrected chi connectivity index (χ0v) is 21.3. The van der Waals surface area contributed by atoms with Crippen LogP contribution in [-0.2, 0) is 16.2 Å².